The maximum atomic E-state index is 12.2. The molecule has 10 aromatic rings. The minimum Gasteiger partial charge on any atom is -0.279 e. The van der Waals surface area contributed by atoms with E-state index in [2.05, 4.69) is 113 Å². The van der Waals surface area contributed by atoms with Crippen LogP contribution in [0.15, 0.2) is 262 Å². The van der Waals surface area contributed by atoms with E-state index < -0.39 is 40.1 Å². The molecule has 0 saturated heterocycles. The van der Waals surface area contributed by atoms with Crippen molar-refractivity contribution in [3.05, 3.63) is 294 Å². The van der Waals surface area contributed by atoms with Crippen molar-refractivity contribution in [2.24, 2.45) is 0 Å². The van der Waals surface area contributed by atoms with Gasteiger partial charge in [0, 0.05) is 7.14 Å². The second kappa shape index (κ2) is 31.3. The molecule has 0 saturated carbocycles. The molecule has 10 rings (SSSR count). The highest BCUT2D eigenvalue weighted by Crippen LogP contribution is 2.29. The Bertz CT molecular complexity index is 3820. The van der Waals surface area contributed by atoms with E-state index in [-0.39, 0.29) is 19.6 Å². The Morgan fingerprint density at radius 3 is 0.593 bits per heavy atom. The topological polar surface area (TPSA) is 185 Å². The van der Waals surface area contributed by atoms with Crippen LogP contribution in [-0.4, -0.2) is 33.7 Å². The van der Waals surface area contributed by atoms with Gasteiger partial charge in [0.25, 0.3) is 40.1 Å². The predicted molar refractivity (Wildman–Crippen MR) is 370 cm³/mol. The second-order valence-electron chi connectivity index (χ2n) is 19.9. The van der Waals surface area contributed by atoms with E-state index in [0.29, 0.717) is 22.7 Å². The Kier molecular flexibility index (Phi) is 24.7. The first-order valence-corrected chi connectivity index (χ1v) is 34.9. The summed E-state index contributed by atoms with van der Waals surface area (Å²) in [6.07, 6.45) is 0. The SMILES string of the molecule is Cc1ccc(S(=O)(=O)Nc2ccccc2C)cc1.Cc1ccc(S(=O)(=O)Nc2ccccc2C)cc1.Cc1ccc(S(=O)(=O)Nc2ccccc2C)cc1.Cc1ccc(S(=O)(=O)Nc2ccccc2C)cc1.Ic1ccccc1-c1ccccc1I. The molecule has 0 amide bonds. The molecule has 4 N–H and O–H groups in total. The number of rotatable bonds is 13. The molecule has 12 nitrogen and oxygen atoms in total. The number of hydrogen-bond acceptors (Lipinski definition) is 8. The van der Waals surface area contributed by atoms with Gasteiger partial charge in [0.2, 0.25) is 0 Å². The largest absolute Gasteiger partial charge is 0.279 e. The van der Waals surface area contributed by atoms with Crippen LogP contribution >= 0.6 is 45.2 Å². The average molecular weight is 1450 g/mol. The lowest BCUT2D eigenvalue weighted by atomic mass is 10.1. The molecular formula is C68H68I2N4O8S4. The zero-order valence-electron chi connectivity index (χ0n) is 48.7. The molecule has 10 aromatic carbocycles. The summed E-state index contributed by atoms with van der Waals surface area (Å²) in [5.41, 5.74) is 12.8. The molecule has 18 heteroatoms. The first-order chi connectivity index (χ1) is 40.7. The van der Waals surface area contributed by atoms with E-state index in [1.807, 2.05) is 104 Å². The number of aryl methyl sites for hydroxylation is 8. The third-order valence-corrected chi connectivity index (χ3v) is 20.3. The molecule has 0 aliphatic rings. The first kappa shape index (κ1) is 67.8. The quantitative estimate of drug-likeness (QED) is 0.0822. The maximum absolute atomic E-state index is 12.2. The standard InChI is InChI=1S/4C14H15NO2S.C12H8I2/c4*1-11-7-9-13(10-8-11)18(16,17)15-14-6-4-3-5-12(14)2;13-11-7-3-1-5-9(11)10-6-2-4-8-12(10)14/h4*3-10,15H,1-2H3;1-8H. The number of hydrogen-bond donors (Lipinski definition) is 4. The van der Waals surface area contributed by atoms with Crippen molar-refractivity contribution in [3.63, 3.8) is 0 Å². The highest BCUT2D eigenvalue weighted by atomic mass is 127. The fourth-order valence-electron chi connectivity index (χ4n) is 7.79. The Morgan fingerprint density at radius 1 is 0.233 bits per heavy atom. The van der Waals surface area contributed by atoms with Gasteiger partial charge in [0.15, 0.2) is 0 Å². The third kappa shape index (κ3) is 20.4. The Balaban J connectivity index is 0.000000172. The lowest BCUT2D eigenvalue weighted by Gasteiger charge is -2.10. The third-order valence-electron chi connectivity index (χ3n) is 12.9. The molecule has 0 aromatic heterocycles. The van der Waals surface area contributed by atoms with Gasteiger partial charge in [0.1, 0.15) is 0 Å². The Morgan fingerprint density at radius 2 is 0.407 bits per heavy atom. The van der Waals surface area contributed by atoms with Gasteiger partial charge in [-0.25, -0.2) is 33.7 Å². The highest BCUT2D eigenvalue weighted by Gasteiger charge is 2.18. The fraction of sp³-hybridized carbons (Fsp3) is 0.118. The summed E-state index contributed by atoms with van der Waals surface area (Å²) >= 11 is 4.75. The number of anilines is 4. The molecular weight excluding hydrogens is 1380 g/mol. The van der Waals surface area contributed by atoms with Crippen LogP contribution in [0, 0.1) is 62.5 Å². The summed E-state index contributed by atoms with van der Waals surface area (Å²) in [5.74, 6) is 0. The summed E-state index contributed by atoms with van der Waals surface area (Å²) in [6, 6.07) is 73.2. The number of nitrogens with one attached hydrogen (secondary N) is 4. The van der Waals surface area contributed by atoms with Gasteiger partial charge in [-0.1, -0.05) is 180 Å². The van der Waals surface area contributed by atoms with E-state index in [9.17, 15) is 33.7 Å². The minimum atomic E-state index is -3.50. The van der Waals surface area contributed by atoms with E-state index in [0.717, 1.165) is 44.5 Å². The number of sulfonamides is 4. The first-order valence-electron chi connectivity index (χ1n) is 26.8. The Labute approximate surface area is 536 Å². The molecule has 0 aliphatic carbocycles. The normalized spacial score (nSPS) is 11.0. The minimum absolute atomic E-state index is 0.274. The lowest BCUT2D eigenvalue weighted by molar-refractivity contribution is 0.599. The van der Waals surface area contributed by atoms with Crippen LogP contribution in [-0.2, 0) is 40.1 Å². The van der Waals surface area contributed by atoms with Crippen molar-refractivity contribution in [1.82, 2.24) is 0 Å². The van der Waals surface area contributed by atoms with E-state index in [1.165, 1.54) is 18.3 Å². The van der Waals surface area contributed by atoms with Crippen LogP contribution < -0.4 is 18.9 Å². The zero-order valence-corrected chi connectivity index (χ0v) is 56.3. The van der Waals surface area contributed by atoms with Crippen LogP contribution in [0.3, 0.4) is 0 Å². The van der Waals surface area contributed by atoms with Crippen LogP contribution in [0.1, 0.15) is 44.5 Å². The van der Waals surface area contributed by atoms with Gasteiger partial charge < -0.3 is 0 Å². The summed E-state index contributed by atoms with van der Waals surface area (Å²) in [6.45, 7) is 15.2. The number of benzene rings is 10. The molecule has 0 radical (unpaired) electrons. The van der Waals surface area contributed by atoms with E-state index >= 15 is 0 Å². The molecule has 0 fully saturated rings. The van der Waals surface area contributed by atoms with Gasteiger partial charge in [-0.2, -0.15) is 0 Å². The second-order valence-corrected chi connectivity index (χ2v) is 28.9. The van der Waals surface area contributed by atoms with Crippen LogP contribution in [0.4, 0.5) is 22.7 Å². The maximum Gasteiger partial charge on any atom is 0.261 e. The smallest absolute Gasteiger partial charge is 0.261 e. The summed E-state index contributed by atoms with van der Waals surface area (Å²) in [5, 5.41) is 0. The van der Waals surface area contributed by atoms with E-state index in [1.54, 1.807) is 146 Å². The van der Waals surface area contributed by atoms with Crippen molar-refractivity contribution < 1.29 is 33.7 Å². The van der Waals surface area contributed by atoms with Gasteiger partial charge in [-0.3, -0.25) is 18.9 Å². The predicted octanol–water partition coefficient (Wildman–Crippen LogP) is 17.0. The van der Waals surface area contributed by atoms with Gasteiger partial charge in [0.05, 0.1) is 42.3 Å². The molecule has 0 spiro atoms. The van der Waals surface area contributed by atoms with Crippen LogP contribution in [0.25, 0.3) is 11.1 Å². The van der Waals surface area contributed by atoms with Crippen molar-refractivity contribution in [2.45, 2.75) is 75.0 Å². The van der Waals surface area contributed by atoms with Gasteiger partial charge >= 0.3 is 0 Å². The summed E-state index contributed by atoms with van der Waals surface area (Å²) in [4.78, 5) is 1.10. The molecule has 0 unspecified atom stereocenters. The van der Waals surface area contributed by atoms with Crippen molar-refractivity contribution >= 4 is 108 Å². The average Bonchev–Trinajstić information content (AvgIpc) is 2.77. The molecule has 446 valence electrons. The number of halogens is 2. The van der Waals surface area contributed by atoms with Crippen LogP contribution in [0.2, 0.25) is 0 Å². The molecule has 0 bridgehead atoms. The Hall–Kier alpha value is -7.34. The molecule has 0 aliphatic heterocycles. The zero-order chi connectivity index (χ0) is 62.7. The monoisotopic (exact) mass is 1450 g/mol. The van der Waals surface area contributed by atoms with Crippen molar-refractivity contribution in [1.29, 1.82) is 0 Å². The van der Waals surface area contributed by atoms with Crippen molar-refractivity contribution in [3.8, 4) is 11.1 Å². The van der Waals surface area contributed by atoms with Crippen molar-refractivity contribution in [2.75, 3.05) is 18.9 Å². The van der Waals surface area contributed by atoms with E-state index in [4.69, 9.17) is 0 Å². The highest BCUT2D eigenvalue weighted by molar-refractivity contribution is 14.1. The van der Waals surface area contributed by atoms with Crippen LogP contribution in [0.5, 0.6) is 0 Å². The molecule has 0 heterocycles. The lowest BCUT2D eigenvalue weighted by Crippen LogP contribution is -2.13. The fourth-order valence-corrected chi connectivity index (χ4v) is 13.7. The number of para-hydroxylation sites is 4. The molecule has 0 atom stereocenters. The summed E-state index contributed by atoms with van der Waals surface area (Å²) < 4.78 is 110. The summed E-state index contributed by atoms with van der Waals surface area (Å²) in [7, 11) is -14.0. The molecule has 86 heavy (non-hydrogen) atoms. The van der Waals surface area contributed by atoms with Gasteiger partial charge in [-0.05, 0) is 219 Å². The van der Waals surface area contributed by atoms with Gasteiger partial charge in [-0.15, -0.1) is 0 Å².